The first kappa shape index (κ1) is 11.0. The van der Waals surface area contributed by atoms with E-state index in [2.05, 4.69) is 23.7 Å². The maximum absolute atomic E-state index is 2.86. The van der Waals surface area contributed by atoms with Gasteiger partial charge < -0.3 is 0 Å². The second-order valence-electron chi connectivity index (χ2n) is 1.31. The summed E-state index contributed by atoms with van der Waals surface area (Å²) in [5.74, 6) is 11.2. The first-order valence-corrected chi connectivity index (χ1v) is 2.87. The molecule has 0 bridgehead atoms. The van der Waals surface area contributed by atoms with E-state index in [-0.39, 0.29) is 7.43 Å². The topological polar surface area (TPSA) is 0 Å². The van der Waals surface area contributed by atoms with Crippen molar-refractivity contribution in [1.82, 2.24) is 0 Å². The van der Waals surface area contributed by atoms with Gasteiger partial charge in [-0.05, 0) is 11.8 Å². The molecule has 0 aliphatic carbocycles. The molecule has 0 radical (unpaired) electrons. The minimum absolute atomic E-state index is 0. The molecule has 0 aliphatic heterocycles. The second kappa shape index (κ2) is 10.2. The molecule has 0 saturated heterocycles. The standard InChI is InChI=1S/C8H10.CH4/c1-3-5-7-8-6-4-2;/h3-4H2,1-2H3;1H4. The van der Waals surface area contributed by atoms with Crippen LogP contribution in [0.25, 0.3) is 0 Å². The molecular formula is C9H14. The smallest absolute Gasteiger partial charge is 0.00704 e. The molecule has 0 saturated carbocycles. The zero-order chi connectivity index (χ0) is 6.24. The number of rotatable bonds is 0. The summed E-state index contributed by atoms with van der Waals surface area (Å²) in [4.78, 5) is 0. The molecule has 0 N–H and O–H groups in total. The van der Waals surface area contributed by atoms with Crippen LogP contribution in [0.3, 0.4) is 0 Å². The van der Waals surface area contributed by atoms with Crippen molar-refractivity contribution in [2.24, 2.45) is 0 Å². The van der Waals surface area contributed by atoms with Crippen LogP contribution in [0.4, 0.5) is 0 Å². The maximum atomic E-state index is 2.86. The molecule has 0 amide bonds. The van der Waals surface area contributed by atoms with E-state index in [9.17, 15) is 0 Å². The van der Waals surface area contributed by atoms with Crippen molar-refractivity contribution in [3.05, 3.63) is 0 Å². The molecule has 0 aliphatic rings. The van der Waals surface area contributed by atoms with E-state index in [1.807, 2.05) is 13.8 Å². The van der Waals surface area contributed by atoms with Crippen LogP contribution in [-0.4, -0.2) is 0 Å². The van der Waals surface area contributed by atoms with Crippen LogP contribution in [0.15, 0.2) is 0 Å². The van der Waals surface area contributed by atoms with E-state index in [0.717, 1.165) is 12.8 Å². The van der Waals surface area contributed by atoms with Crippen LogP contribution in [0.1, 0.15) is 34.1 Å². The Bertz CT molecular complexity index is 124. The van der Waals surface area contributed by atoms with Crippen molar-refractivity contribution in [2.75, 3.05) is 0 Å². The fourth-order valence-electron chi connectivity index (χ4n) is 0.265. The number of hydrogen-bond donors (Lipinski definition) is 0. The Hall–Kier alpha value is -0.880. The minimum Gasteiger partial charge on any atom is -0.0894 e. The highest BCUT2D eigenvalue weighted by atomic mass is 13.6. The van der Waals surface area contributed by atoms with Crippen molar-refractivity contribution in [3.63, 3.8) is 0 Å². The zero-order valence-corrected chi connectivity index (χ0v) is 5.41. The molecule has 0 aromatic rings. The van der Waals surface area contributed by atoms with Crippen LogP contribution in [0.2, 0.25) is 0 Å². The second-order valence-corrected chi connectivity index (χ2v) is 1.31. The summed E-state index contributed by atoms with van der Waals surface area (Å²) in [6.45, 7) is 4.03. The van der Waals surface area contributed by atoms with Gasteiger partial charge in [0.2, 0.25) is 0 Å². The van der Waals surface area contributed by atoms with Crippen molar-refractivity contribution >= 4 is 0 Å². The third-order valence-corrected chi connectivity index (χ3v) is 0.593. The lowest BCUT2D eigenvalue weighted by Crippen LogP contribution is -1.54. The van der Waals surface area contributed by atoms with E-state index in [4.69, 9.17) is 0 Å². The third-order valence-electron chi connectivity index (χ3n) is 0.593. The fourth-order valence-corrected chi connectivity index (χ4v) is 0.265. The Labute approximate surface area is 58.7 Å². The van der Waals surface area contributed by atoms with Crippen LogP contribution in [-0.2, 0) is 0 Å². The molecular weight excluding hydrogens is 108 g/mol. The monoisotopic (exact) mass is 122 g/mol. The predicted molar refractivity (Wildman–Crippen MR) is 42.9 cm³/mol. The third kappa shape index (κ3) is 11.0. The molecule has 9 heavy (non-hydrogen) atoms. The van der Waals surface area contributed by atoms with Gasteiger partial charge in [0.25, 0.3) is 0 Å². The van der Waals surface area contributed by atoms with Crippen LogP contribution in [0.5, 0.6) is 0 Å². The first-order chi connectivity index (χ1) is 3.91. The molecule has 0 heteroatoms. The molecule has 0 atom stereocenters. The number of hydrogen-bond acceptors (Lipinski definition) is 0. The largest absolute Gasteiger partial charge is 0.0894 e. The van der Waals surface area contributed by atoms with Gasteiger partial charge in [-0.15, -0.1) is 0 Å². The SMILES string of the molecule is C.CCC#CC#CCC. The Morgan fingerprint density at radius 3 is 1.44 bits per heavy atom. The zero-order valence-electron chi connectivity index (χ0n) is 5.41. The lowest BCUT2D eigenvalue weighted by molar-refractivity contribution is 1.27. The van der Waals surface area contributed by atoms with E-state index < -0.39 is 0 Å². The molecule has 0 aromatic carbocycles. The summed E-state index contributed by atoms with van der Waals surface area (Å²) in [6.07, 6.45) is 1.80. The molecule has 0 nitrogen and oxygen atoms in total. The highest BCUT2D eigenvalue weighted by Gasteiger charge is 1.57. The Morgan fingerprint density at radius 1 is 0.889 bits per heavy atom. The van der Waals surface area contributed by atoms with Crippen molar-refractivity contribution in [2.45, 2.75) is 34.1 Å². The normalized spacial score (nSPS) is 5.11. The maximum Gasteiger partial charge on any atom is 0.00704 e. The van der Waals surface area contributed by atoms with E-state index in [1.54, 1.807) is 0 Å². The molecule has 50 valence electrons. The highest BCUT2D eigenvalue weighted by Crippen LogP contribution is 1.67. The molecule has 0 heterocycles. The molecule has 0 unspecified atom stereocenters. The molecule has 0 spiro atoms. The van der Waals surface area contributed by atoms with Crippen LogP contribution < -0.4 is 0 Å². The average molecular weight is 122 g/mol. The van der Waals surface area contributed by atoms with Gasteiger partial charge in [0.1, 0.15) is 0 Å². The van der Waals surface area contributed by atoms with Gasteiger partial charge in [0.05, 0.1) is 0 Å². The summed E-state index contributed by atoms with van der Waals surface area (Å²) in [5, 5.41) is 0. The highest BCUT2D eigenvalue weighted by molar-refractivity contribution is 5.25. The first-order valence-electron chi connectivity index (χ1n) is 2.87. The Kier molecular flexibility index (Phi) is 12.4. The van der Waals surface area contributed by atoms with Gasteiger partial charge >= 0.3 is 0 Å². The summed E-state index contributed by atoms with van der Waals surface area (Å²) in [6, 6.07) is 0. The summed E-state index contributed by atoms with van der Waals surface area (Å²) >= 11 is 0. The predicted octanol–water partition coefficient (Wildman–Crippen LogP) is 2.45. The summed E-state index contributed by atoms with van der Waals surface area (Å²) in [7, 11) is 0. The van der Waals surface area contributed by atoms with E-state index in [1.165, 1.54) is 0 Å². The van der Waals surface area contributed by atoms with Gasteiger partial charge in [0.15, 0.2) is 0 Å². The Balaban J connectivity index is 0. The molecule has 0 rings (SSSR count). The average Bonchev–Trinajstić information content (AvgIpc) is 1.81. The van der Waals surface area contributed by atoms with Gasteiger partial charge in [-0.3, -0.25) is 0 Å². The van der Waals surface area contributed by atoms with E-state index >= 15 is 0 Å². The van der Waals surface area contributed by atoms with Gasteiger partial charge in [-0.1, -0.05) is 33.1 Å². The summed E-state index contributed by atoms with van der Waals surface area (Å²) in [5.41, 5.74) is 0. The van der Waals surface area contributed by atoms with Crippen molar-refractivity contribution in [1.29, 1.82) is 0 Å². The van der Waals surface area contributed by atoms with Crippen molar-refractivity contribution in [3.8, 4) is 23.7 Å². The minimum atomic E-state index is 0. The van der Waals surface area contributed by atoms with Crippen LogP contribution >= 0.6 is 0 Å². The fraction of sp³-hybridized carbons (Fsp3) is 0.556. The lowest BCUT2D eigenvalue weighted by atomic mass is 10.4. The van der Waals surface area contributed by atoms with Gasteiger partial charge in [0, 0.05) is 12.8 Å². The lowest BCUT2D eigenvalue weighted by Gasteiger charge is -1.63. The molecule has 0 aromatic heterocycles. The van der Waals surface area contributed by atoms with Crippen molar-refractivity contribution < 1.29 is 0 Å². The molecule has 0 fully saturated rings. The van der Waals surface area contributed by atoms with Crippen LogP contribution in [0, 0.1) is 23.7 Å². The summed E-state index contributed by atoms with van der Waals surface area (Å²) < 4.78 is 0. The van der Waals surface area contributed by atoms with E-state index in [0.29, 0.717) is 0 Å². The van der Waals surface area contributed by atoms with Gasteiger partial charge in [-0.2, -0.15) is 0 Å². The Morgan fingerprint density at radius 2 is 1.22 bits per heavy atom. The van der Waals surface area contributed by atoms with Gasteiger partial charge in [-0.25, -0.2) is 0 Å². The quantitative estimate of drug-likeness (QED) is 0.433.